The minimum absolute atomic E-state index is 0.314. The highest BCUT2D eigenvalue weighted by molar-refractivity contribution is 5.48. The first kappa shape index (κ1) is 11.9. The number of ether oxygens (including phenoxy) is 2. The molecular weight excluding hydrogens is 242 g/mol. The molecule has 3 rings (SSSR count). The van der Waals surface area contributed by atoms with E-state index < -0.39 is 0 Å². The molecule has 0 unspecified atom stereocenters. The number of aromatic nitrogens is 2. The molecule has 1 aromatic heterocycles. The van der Waals surface area contributed by atoms with Gasteiger partial charge in [-0.05, 0) is 31.5 Å². The van der Waals surface area contributed by atoms with Crippen molar-refractivity contribution in [3.05, 3.63) is 35.7 Å². The van der Waals surface area contributed by atoms with Gasteiger partial charge in [0.1, 0.15) is 0 Å². The van der Waals surface area contributed by atoms with Crippen LogP contribution in [0.3, 0.4) is 0 Å². The molecule has 19 heavy (non-hydrogen) atoms. The Morgan fingerprint density at radius 2 is 2.16 bits per heavy atom. The van der Waals surface area contributed by atoms with Gasteiger partial charge in [0.15, 0.2) is 11.5 Å². The van der Waals surface area contributed by atoms with Crippen molar-refractivity contribution in [3.63, 3.8) is 0 Å². The van der Waals surface area contributed by atoms with Crippen molar-refractivity contribution in [1.29, 1.82) is 0 Å². The number of nitrogens with one attached hydrogen (secondary N) is 1. The van der Waals surface area contributed by atoms with Crippen LogP contribution in [0.5, 0.6) is 11.5 Å². The third-order valence-electron chi connectivity index (χ3n) is 3.19. The molecule has 0 atom stereocenters. The maximum atomic E-state index is 5.37. The van der Waals surface area contributed by atoms with E-state index in [1.165, 1.54) is 0 Å². The molecule has 1 aromatic carbocycles. The predicted octanol–water partition coefficient (Wildman–Crippen LogP) is 2.55. The summed E-state index contributed by atoms with van der Waals surface area (Å²) in [5, 5.41) is 7.80. The Kier molecular flexibility index (Phi) is 3.03. The van der Waals surface area contributed by atoms with Crippen LogP contribution in [0.25, 0.3) is 0 Å². The molecule has 2 heterocycles. The summed E-state index contributed by atoms with van der Waals surface area (Å²) in [5.74, 6) is 1.64. The SMILES string of the molecule is CCn1cc(NCc2ccc3c(c2)OCO3)c(C)n1. The van der Waals surface area contributed by atoms with E-state index in [0.29, 0.717) is 6.79 Å². The van der Waals surface area contributed by atoms with Crippen LogP contribution in [-0.4, -0.2) is 16.6 Å². The Labute approximate surface area is 112 Å². The Morgan fingerprint density at radius 3 is 2.95 bits per heavy atom. The smallest absolute Gasteiger partial charge is 0.231 e. The second kappa shape index (κ2) is 4.84. The van der Waals surface area contributed by atoms with Crippen molar-refractivity contribution >= 4 is 5.69 Å². The normalized spacial score (nSPS) is 12.7. The minimum atomic E-state index is 0.314. The fraction of sp³-hybridized carbons (Fsp3) is 0.357. The summed E-state index contributed by atoms with van der Waals surface area (Å²) in [7, 11) is 0. The molecule has 5 heteroatoms. The first-order valence-corrected chi connectivity index (χ1v) is 6.42. The zero-order valence-electron chi connectivity index (χ0n) is 11.1. The molecular formula is C14H17N3O2. The molecule has 0 fully saturated rings. The fourth-order valence-corrected chi connectivity index (χ4v) is 2.10. The summed E-state index contributed by atoms with van der Waals surface area (Å²) in [6.07, 6.45) is 2.03. The monoisotopic (exact) mass is 259 g/mol. The average Bonchev–Trinajstić information content (AvgIpc) is 3.02. The van der Waals surface area contributed by atoms with E-state index in [0.717, 1.165) is 41.5 Å². The van der Waals surface area contributed by atoms with Gasteiger partial charge >= 0.3 is 0 Å². The second-order valence-electron chi connectivity index (χ2n) is 4.53. The van der Waals surface area contributed by atoms with E-state index in [2.05, 4.69) is 17.3 Å². The van der Waals surface area contributed by atoms with E-state index in [1.807, 2.05) is 36.0 Å². The zero-order valence-corrected chi connectivity index (χ0v) is 11.1. The topological polar surface area (TPSA) is 48.3 Å². The van der Waals surface area contributed by atoms with Gasteiger partial charge in [0.25, 0.3) is 0 Å². The molecule has 0 bridgehead atoms. The van der Waals surface area contributed by atoms with Crippen molar-refractivity contribution in [2.45, 2.75) is 26.9 Å². The van der Waals surface area contributed by atoms with Crippen molar-refractivity contribution in [2.24, 2.45) is 0 Å². The van der Waals surface area contributed by atoms with Crippen molar-refractivity contribution in [3.8, 4) is 11.5 Å². The summed E-state index contributed by atoms with van der Waals surface area (Å²) in [4.78, 5) is 0. The third-order valence-corrected chi connectivity index (χ3v) is 3.19. The molecule has 0 radical (unpaired) electrons. The highest BCUT2D eigenvalue weighted by Crippen LogP contribution is 2.32. The summed E-state index contributed by atoms with van der Waals surface area (Å²) in [5.41, 5.74) is 3.25. The lowest BCUT2D eigenvalue weighted by molar-refractivity contribution is 0.174. The molecule has 5 nitrogen and oxygen atoms in total. The molecule has 1 N–H and O–H groups in total. The van der Waals surface area contributed by atoms with Gasteiger partial charge in [-0.1, -0.05) is 6.07 Å². The van der Waals surface area contributed by atoms with Crippen LogP contribution in [0.1, 0.15) is 18.2 Å². The highest BCUT2D eigenvalue weighted by Gasteiger charge is 2.13. The first-order chi connectivity index (χ1) is 9.26. The van der Waals surface area contributed by atoms with Gasteiger partial charge in [-0.2, -0.15) is 5.10 Å². The van der Waals surface area contributed by atoms with Crippen molar-refractivity contribution < 1.29 is 9.47 Å². The van der Waals surface area contributed by atoms with Crippen LogP contribution < -0.4 is 14.8 Å². The Balaban J connectivity index is 1.70. The Hall–Kier alpha value is -2.17. The van der Waals surface area contributed by atoms with Crippen LogP contribution in [0.4, 0.5) is 5.69 Å². The molecule has 2 aromatic rings. The van der Waals surface area contributed by atoms with Gasteiger partial charge in [0.05, 0.1) is 11.4 Å². The van der Waals surface area contributed by atoms with Crippen LogP contribution in [0, 0.1) is 6.92 Å². The number of nitrogens with zero attached hydrogens (tertiary/aromatic N) is 2. The summed E-state index contributed by atoms with van der Waals surface area (Å²) in [6, 6.07) is 6.00. The second-order valence-corrected chi connectivity index (χ2v) is 4.53. The number of anilines is 1. The van der Waals surface area contributed by atoms with Gasteiger partial charge < -0.3 is 14.8 Å². The van der Waals surface area contributed by atoms with Gasteiger partial charge in [0, 0.05) is 19.3 Å². The van der Waals surface area contributed by atoms with E-state index in [1.54, 1.807) is 0 Å². The number of benzene rings is 1. The highest BCUT2D eigenvalue weighted by atomic mass is 16.7. The largest absolute Gasteiger partial charge is 0.454 e. The number of rotatable bonds is 4. The first-order valence-electron chi connectivity index (χ1n) is 6.42. The third kappa shape index (κ3) is 2.36. The molecule has 0 spiro atoms. The van der Waals surface area contributed by atoms with Gasteiger partial charge in [0.2, 0.25) is 6.79 Å². The number of hydrogen-bond donors (Lipinski definition) is 1. The summed E-state index contributed by atoms with van der Waals surface area (Å²) < 4.78 is 12.6. The molecule has 1 aliphatic rings. The minimum Gasteiger partial charge on any atom is -0.454 e. The summed E-state index contributed by atoms with van der Waals surface area (Å²) >= 11 is 0. The van der Waals surface area contributed by atoms with E-state index >= 15 is 0 Å². The van der Waals surface area contributed by atoms with E-state index in [9.17, 15) is 0 Å². The average molecular weight is 259 g/mol. The van der Waals surface area contributed by atoms with Crippen LogP contribution in [0.15, 0.2) is 24.4 Å². The van der Waals surface area contributed by atoms with Gasteiger partial charge in [-0.15, -0.1) is 0 Å². The zero-order chi connectivity index (χ0) is 13.2. The van der Waals surface area contributed by atoms with Crippen LogP contribution >= 0.6 is 0 Å². The van der Waals surface area contributed by atoms with E-state index in [-0.39, 0.29) is 0 Å². The van der Waals surface area contributed by atoms with Gasteiger partial charge in [-0.25, -0.2) is 0 Å². The molecule has 0 saturated carbocycles. The van der Waals surface area contributed by atoms with Crippen molar-refractivity contribution in [2.75, 3.05) is 12.1 Å². The molecule has 100 valence electrons. The Bertz CT molecular complexity index is 592. The van der Waals surface area contributed by atoms with Crippen LogP contribution in [-0.2, 0) is 13.1 Å². The lowest BCUT2D eigenvalue weighted by Crippen LogP contribution is -1.99. The molecule has 0 aliphatic carbocycles. The lowest BCUT2D eigenvalue weighted by Gasteiger charge is -2.05. The summed E-state index contributed by atoms with van der Waals surface area (Å²) in [6.45, 7) is 6.02. The molecule has 0 saturated heterocycles. The Morgan fingerprint density at radius 1 is 1.32 bits per heavy atom. The lowest BCUT2D eigenvalue weighted by atomic mass is 10.2. The standard InChI is InChI=1S/C14H17N3O2/c1-3-17-8-12(10(2)16-17)15-7-11-4-5-13-14(6-11)19-9-18-13/h4-6,8,15H,3,7,9H2,1-2H3. The quantitative estimate of drug-likeness (QED) is 0.916. The molecule has 0 amide bonds. The molecule has 1 aliphatic heterocycles. The maximum Gasteiger partial charge on any atom is 0.231 e. The van der Waals surface area contributed by atoms with Crippen molar-refractivity contribution in [1.82, 2.24) is 9.78 Å². The maximum absolute atomic E-state index is 5.37. The number of fused-ring (bicyclic) bond motifs is 1. The predicted molar refractivity (Wildman–Crippen MR) is 72.5 cm³/mol. The number of hydrogen-bond acceptors (Lipinski definition) is 4. The number of aryl methyl sites for hydroxylation is 2. The van der Waals surface area contributed by atoms with Gasteiger partial charge in [-0.3, -0.25) is 4.68 Å². The van der Waals surface area contributed by atoms with E-state index in [4.69, 9.17) is 9.47 Å². The van der Waals surface area contributed by atoms with Crippen LogP contribution in [0.2, 0.25) is 0 Å². The fourth-order valence-electron chi connectivity index (χ4n) is 2.10.